The van der Waals surface area contributed by atoms with E-state index in [4.69, 9.17) is 0 Å². The molecule has 14 heavy (non-hydrogen) atoms. The fraction of sp³-hybridized carbons (Fsp3) is 1.00. The number of rotatable bonds is 8. The first-order chi connectivity index (χ1) is 6.77. The predicted octanol–water partition coefficient (Wildman–Crippen LogP) is 4.37. The Morgan fingerprint density at radius 3 is 1.86 bits per heavy atom. The molecule has 1 nitrogen and oxygen atoms in total. The van der Waals surface area contributed by atoms with Crippen LogP contribution in [0.4, 0.5) is 0 Å². The molecule has 0 aromatic carbocycles. The third kappa shape index (κ3) is 17.9. The molecule has 0 bridgehead atoms. The molecule has 0 aliphatic rings. The van der Waals surface area contributed by atoms with Crippen LogP contribution in [-0.2, 0) is 0 Å². The van der Waals surface area contributed by atoms with Gasteiger partial charge in [0.05, 0.1) is 0 Å². The second-order valence-electron chi connectivity index (χ2n) is 3.88. The van der Waals surface area contributed by atoms with E-state index in [1.54, 1.807) is 0 Å². The lowest BCUT2D eigenvalue weighted by atomic mass is 10.1. The maximum Gasteiger partial charge on any atom is 0.00103 e. The maximum atomic E-state index is 3.44. The van der Waals surface area contributed by atoms with Crippen LogP contribution in [0.25, 0.3) is 0 Å². The van der Waals surface area contributed by atoms with Crippen molar-refractivity contribution in [3.8, 4) is 0 Å². The summed E-state index contributed by atoms with van der Waals surface area (Å²) in [5, 5.41) is 3.44. The van der Waals surface area contributed by atoms with Crippen LogP contribution in [0.1, 0.15) is 73.1 Å². The summed E-state index contributed by atoms with van der Waals surface area (Å²) in [6.45, 7) is 11.9. The number of hydrogen-bond acceptors (Lipinski definition) is 1. The molecule has 0 aliphatic heterocycles. The Balaban J connectivity index is 0. The summed E-state index contributed by atoms with van der Waals surface area (Å²) < 4.78 is 0. The van der Waals surface area contributed by atoms with E-state index in [1.807, 2.05) is 13.8 Å². The molecule has 0 fully saturated rings. The van der Waals surface area contributed by atoms with Gasteiger partial charge in [0.25, 0.3) is 0 Å². The summed E-state index contributed by atoms with van der Waals surface area (Å²) in [6.07, 6.45) is 8.37. The second kappa shape index (κ2) is 15.4. The molecule has 0 spiro atoms. The minimum Gasteiger partial charge on any atom is -0.315 e. The van der Waals surface area contributed by atoms with E-state index in [1.165, 1.54) is 45.1 Å². The molecule has 88 valence electrons. The van der Waals surface area contributed by atoms with Crippen molar-refractivity contribution < 1.29 is 0 Å². The third-order valence-corrected chi connectivity index (χ3v) is 2.08. The quantitative estimate of drug-likeness (QED) is 0.575. The molecule has 0 saturated heterocycles. The SMILES string of the molecule is CC.CCCCCCCCNC(C)C. The summed E-state index contributed by atoms with van der Waals surface area (Å²) in [4.78, 5) is 0. The number of nitrogens with one attached hydrogen (secondary N) is 1. The monoisotopic (exact) mass is 201 g/mol. The van der Waals surface area contributed by atoms with Crippen molar-refractivity contribution in [1.82, 2.24) is 5.32 Å². The van der Waals surface area contributed by atoms with Gasteiger partial charge in [-0.15, -0.1) is 0 Å². The van der Waals surface area contributed by atoms with Crippen molar-refractivity contribution in [2.45, 2.75) is 79.2 Å². The Bertz CT molecular complexity index is 79.3. The molecule has 0 aliphatic carbocycles. The molecule has 0 heterocycles. The molecule has 0 radical (unpaired) electrons. The first kappa shape index (κ1) is 16.4. The number of hydrogen-bond donors (Lipinski definition) is 1. The van der Waals surface area contributed by atoms with Crippen LogP contribution < -0.4 is 5.32 Å². The van der Waals surface area contributed by atoms with Gasteiger partial charge in [0, 0.05) is 6.04 Å². The summed E-state index contributed by atoms with van der Waals surface area (Å²) in [5.41, 5.74) is 0. The summed E-state index contributed by atoms with van der Waals surface area (Å²) in [6, 6.07) is 0.653. The second-order valence-corrected chi connectivity index (χ2v) is 3.88. The van der Waals surface area contributed by atoms with Crippen molar-refractivity contribution >= 4 is 0 Å². The standard InChI is InChI=1S/C11H25N.C2H6/c1-4-5-6-7-8-9-10-12-11(2)3;1-2/h11-12H,4-10H2,1-3H3;1-2H3. The molecule has 1 N–H and O–H groups in total. The minimum absolute atomic E-state index is 0.653. The van der Waals surface area contributed by atoms with Crippen LogP contribution in [-0.4, -0.2) is 12.6 Å². The van der Waals surface area contributed by atoms with Gasteiger partial charge < -0.3 is 5.32 Å². The van der Waals surface area contributed by atoms with Crippen molar-refractivity contribution in [2.75, 3.05) is 6.54 Å². The van der Waals surface area contributed by atoms with Gasteiger partial charge in [0.2, 0.25) is 0 Å². The van der Waals surface area contributed by atoms with Crippen LogP contribution in [0.15, 0.2) is 0 Å². The lowest BCUT2D eigenvalue weighted by Gasteiger charge is -2.06. The summed E-state index contributed by atoms with van der Waals surface area (Å²) >= 11 is 0. The lowest BCUT2D eigenvalue weighted by molar-refractivity contribution is 0.535. The third-order valence-electron chi connectivity index (χ3n) is 2.08. The summed E-state index contributed by atoms with van der Waals surface area (Å²) in [5.74, 6) is 0. The van der Waals surface area contributed by atoms with E-state index in [-0.39, 0.29) is 0 Å². The van der Waals surface area contributed by atoms with Gasteiger partial charge in [-0.3, -0.25) is 0 Å². The number of unbranched alkanes of at least 4 members (excludes halogenated alkanes) is 5. The lowest BCUT2D eigenvalue weighted by Crippen LogP contribution is -2.23. The zero-order valence-corrected chi connectivity index (χ0v) is 11.0. The van der Waals surface area contributed by atoms with Crippen LogP contribution in [0.5, 0.6) is 0 Å². The van der Waals surface area contributed by atoms with Gasteiger partial charge in [-0.25, -0.2) is 0 Å². The van der Waals surface area contributed by atoms with Gasteiger partial charge in [-0.1, -0.05) is 66.7 Å². The average Bonchev–Trinajstić information content (AvgIpc) is 2.19. The first-order valence-electron chi connectivity index (χ1n) is 6.50. The van der Waals surface area contributed by atoms with E-state index < -0.39 is 0 Å². The van der Waals surface area contributed by atoms with Crippen molar-refractivity contribution in [3.63, 3.8) is 0 Å². The molecule has 0 unspecified atom stereocenters. The highest BCUT2D eigenvalue weighted by atomic mass is 14.9. The molecule has 0 aromatic heterocycles. The van der Waals surface area contributed by atoms with Gasteiger partial charge >= 0.3 is 0 Å². The molecule has 0 aromatic rings. The van der Waals surface area contributed by atoms with Gasteiger partial charge in [0.15, 0.2) is 0 Å². The van der Waals surface area contributed by atoms with E-state index in [9.17, 15) is 0 Å². The Morgan fingerprint density at radius 1 is 0.857 bits per heavy atom. The molecule has 0 atom stereocenters. The van der Waals surface area contributed by atoms with Crippen LogP contribution in [0.3, 0.4) is 0 Å². The van der Waals surface area contributed by atoms with Crippen molar-refractivity contribution in [2.24, 2.45) is 0 Å². The maximum absolute atomic E-state index is 3.44. The molecular formula is C13H31N. The Hall–Kier alpha value is -0.0400. The smallest absolute Gasteiger partial charge is 0.00103 e. The van der Waals surface area contributed by atoms with E-state index in [2.05, 4.69) is 26.1 Å². The predicted molar refractivity (Wildman–Crippen MR) is 67.9 cm³/mol. The average molecular weight is 201 g/mol. The fourth-order valence-electron chi connectivity index (χ4n) is 1.30. The Morgan fingerprint density at radius 2 is 1.36 bits per heavy atom. The van der Waals surface area contributed by atoms with E-state index >= 15 is 0 Å². The highest BCUT2D eigenvalue weighted by Gasteiger charge is 1.92. The Kier molecular flexibility index (Phi) is 18.1. The molecular weight excluding hydrogens is 170 g/mol. The molecule has 0 amide bonds. The molecule has 1 heteroatoms. The van der Waals surface area contributed by atoms with Crippen LogP contribution in [0.2, 0.25) is 0 Å². The zero-order valence-electron chi connectivity index (χ0n) is 11.0. The summed E-state index contributed by atoms with van der Waals surface area (Å²) in [7, 11) is 0. The largest absolute Gasteiger partial charge is 0.315 e. The van der Waals surface area contributed by atoms with Crippen molar-refractivity contribution in [3.05, 3.63) is 0 Å². The van der Waals surface area contributed by atoms with Gasteiger partial charge in [-0.05, 0) is 13.0 Å². The normalized spacial score (nSPS) is 9.86. The van der Waals surface area contributed by atoms with Crippen LogP contribution >= 0.6 is 0 Å². The first-order valence-corrected chi connectivity index (χ1v) is 6.50. The fourth-order valence-corrected chi connectivity index (χ4v) is 1.30. The van der Waals surface area contributed by atoms with Crippen molar-refractivity contribution in [1.29, 1.82) is 0 Å². The van der Waals surface area contributed by atoms with E-state index in [0.29, 0.717) is 6.04 Å². The minimum atomic E-state index is 0.653. The zero-order chi connectivity index (χ0) is 11.2. The molecule has 0 rings (SSSR count). The van der Waals surface area contributed by atoms with Crippen LogP contribution in [0, 0.1) is 0 Å². The van der Waals surface area contributed by atoms with E-state index in [0.717, 1.165) is 0 Å². The van der Waals surface area contributed by atoms with Gasteiger partial charge in [0.1, 0.15) is 0 Å². The van der Waals surface area contributed by atoms with Gasteiger partial charge in [-0.2, -0.15) is 0 Å². The Labute approximate surface area is 91.7 Å². The molecule has 0 saturated carbocycles. The topological polar surface area (TPSA) is 12.0 Å². The highest BCUT2D eigenvalue weighted by molar-refractivity contribution is 4.52. The highest BCUT2D eigenvalue weighted by Crippen LogP contribution is 2.03.